The smallest absolute Gasteiger partial charge is 0.305 e. The van der Waals surface area contributed by atoms with Crippen LogP contribution in [0.25, 0.3) is 22.4 Å². The fourth-order valence-corrected chi connectivity index (χ4v) is 5.83. The number of benzene rings is 2. The molecule has 2 atom stereocenters. The second-order valence-electron chi connectivity index (χ2n) is 9.62. The van der Waals surface area contributed by atoms with Crippen LogP contribution in [0.5, 0.6) is 0 Å². The number of rotatable bonds is 6. The van der Waals surface area contributed by atoms with Crippen LogP contribution in [0.1, 0.15) is 55.0 Å². The Kier molecular flexibility index (Phi) is 7.94. The minimum atomic E-state index is -4.19. The van der Waals surface area contributed by atoms with Crippen molar-refractivity contribution in [3.63, 3.8) is 0 Å². The van der Waals surface area contributed by atoms with E-state index in [0.717, 1.165) is 40.8 Å². The molecule has 8 heteroatoms. The quantitative estimate of drug-likeness (QED) is 0.289. The van der Waals surface area contributed by atoms with Crippen molar-refractivity contribution in [3.8, 4) is 34.0 Å². The number of carboxylic acid groups (broad SMARTS) is 1. The molecule has 0 saturated heterocycles. The van der Waals surface area contributed by atoms with Crippen molar-refractivity contribution in [1.29, 1.82) is 0 Å². The van der Waals surface area contributed by atoms with Crippen LogP contribution in [-0.4, -0.2) is 38.3 Å². The molecule has 0 spiro atoms. The number of aliphatic hydroxyl groups is 1. The highest BCUT2D eigenvalue weighted by Gasteiger charge is 2.27. The van der Waals surface area contributed by atoms with Crippen molar-refractivity contribution in [2.75, 3.05) is 6.16 Å². The van der Waals surface area contributed by atoms with Gasteiger partial charge < -0.3 is 15.1 Å². The molecule has 0 fully saturated rings. The number of nitrogens with zero attached hydrogens (tertiary/aromatic N) is 1. The third kappa shape index (κ3) is 6.17. The van der Waals surface area contributed by atoms with E-state index in [1.165, 1.54) is 17.7 Å². The molecule has 0 saturated carbocycles. The molecule has 1 unspecified atom stereocenters. The predicted octanol–water partition coefficient (Wildman–Crippen LogP) is 5.58. The van der Waals surface area contributed by atoms with Crippen LogP contribution in [0.3, 0.4) is 0 Å². The van der Waals surface area contributed by atoms with Crippen molar-refractivity contribution < 1.29 is 28.9 Å². The Bertz CT molecular complexity index is 1440. The van der Waals surface area contributed by atoms with Crippen LogP contribution in [0.15, 0.2) is 48.5 Å². The summed E-state index contributed by atoms with van der Waals surface area (Å²) in [6, 6.07) is 14.2. The van der Waals surface area contributed by atoms with E-state index in [-0.39, 0.29) is 11.7 Å². The summed E-state index contributed by atoms with van der Waals surface area (Å²) in [5.41, 5.74) is 9.06. The van der Waals surface area contributed by atoms with Crippen LogP contribution >= 0.6 is 7.37 Å². The number of pyridine rings is 1. The van der Waals surface area contributed by atoms with Crippen molar-refractivity contribution in [2.24, 2.45) is 0 Å². The third-order valence-corrected chi connectivity index (χ3v) is 7.75. The lowest BCUT2D eigenvalue weighted by Crippen LogP contribution is -2.17. The van der Waals surface area contributed by atoms with Gasteiger partial charge in [0.1, 0.15) is 5.82 Å². The molecule has 3 N–H and O–H groups in total. The van der Waals surface area contributed by atoms with Gasteiger partial charge in [-0.05, 0) is 59.7 Å². The third-order valence-electron chi connectivity index (χ3n) is 6.38. The Morgan fingerprint density at radius 3 is 2.51 bits per heavy atom. The highest BCUT2D eigenvalue weighted by molar-refractivity contribution is 7.63. The summed E-state index contributed by atoms with van der Waals surface area (Å²) in [6.07, 6.45) is -0.352. The average molecular weight is 522 g/mol. The molecule has 0 bridgehead atoms. The van der Waals surface area contributed by atoms with Gasteiger partial charge in [-0.2, -0.15) is 0 Å². The topological polar surface area (TPSA) is 108 Å². The monoisotopic (exact) mass is 521 g/mol. The molecular weight excluding hydrogens is 492 g/mol. The average Bonchev–Trinajstić information content (AvgIpc) is 3.01. The standard InChI is InChI=1S/C29H29FNO5P/c1-18(2)28-25(14-15-37(35,36)17-22(32)16-26(33)34)27(20-10-12-21(30)13-11-20)24-9-5-7-19-6-3-4-8-23(19)29(24)31-28/h3-4,6,8,10-13,18,22,32H,5,7,9,16-17H2,1-2H3,(H,33,34)(H,35,36)/t22-/m1/s1. The fraction of sp³-hybridized carbons (Fsp3) is 0.310. The first-order valence-electron chi connectivity index (χ1n) is 12.2. The first-order chi connectivity index (χ1) is 17.6. The van der Waals surface area contributed by atoms with Crippen LogP contribution in [-0.2, 0) is 22.2 Å². The van der Waals surface area contributed by atoms with Crippen molar-refractivity contribution in [1.82, 2.24) is 4.98 Å². The van der Waals surface area contributed by atoms with Crippen molar-refractivity contribution >= 4 is 13.3 Å². The molecule has 1 aromatic heterocycles. The summed E-state index contributed by atoms with van der Waals surface area (Å²) in [5.74, 6) is 1.16. The molecule has 0 amide bonds. The minimum absolute atomic E-state index is 0.0834. The summed E-state index contributed by atoms with van der Waals surface area (Å²) in [4.78, 5) is 26.4. The molecule has 1 heterocycles. The van der Waals surface area contributed by atoms with E-state index < -0.39 is 32.0 Å². The summed E-state index contributed by atoms with van der Waals surface area (Å²) < 4.78 is 26.7. The second-order valence-corrected chi connectivity index (χ2v) is 11.6. The molecule has 6 nitrogen and oxygen atoms in total. The molecule has 37 heavy (non-hydrogen) atoms. The van der Waals surface area contributed by atoms with Gasteiger partial charge in [-0.1, -0.05) is 56.2 Å². The Labute approximate surface area is 215 Å². The maximum atomic E-state index is 13.9. The lowest BCUT2D eigenvalue weighted by atomic mass is 9.87. The largest absolute Gasteiger partial charge is 0.481 e. The number of hydrogen-bond donors (Lipinski definition) is 3. The molecule has 4 rings (SSSR count). The normalized spacial score (nSPS) is 15.0. The Morgan fingerprint density at radius 1 is 1.14 bits per heavy atom. The van der Waals surface area contributed by atoms with Gasteiger partial charge in [-0.15, -0.1) is 0 Å². The fourth-order valence-electron chi connectivity index (χ4n) is 4.75. The van der Waals surface area contributed by atoms with E-state index in [4.69, 9.17) is 10.1 Å². The number of carbonyl (C=O) groups is 1. The molecule has 0 aliphatic heterocycles. The first-order valence-corrected chi connectivity index (χ1v) is 14.1. The zero-order valence-electron chi connectivity index (χ0n) is 20.7. The SMILES string of the molecule is CC(C)c1nc2c(c(-c3ccc(F)cc3)c1C#CP(=O)(O)C[C@H](O)CC(=O)O)CCCc1ccccc1-2. The Balaban J connectivity index is 1.97. The summed E-state index contributed by atoms with van der Waals surface area (Å²) in [6.45, 7) is 3.93. The lowest BCUT2D eigenvalue weighted by molar-refractivity contribution is -0.138. The number of fused-ring (bicyclic) bond motifs is 3. The maximum absolute atomic E-state index is 13.9. The number of aromatic nitrogens is 1. The van der Waals surface area contributed by atoms with E-state index in [2.05, 4.69) is 17.6 Å². The van der Waals surface area contributed by atoms with E-state index in [9.17, 15) is 23.7 Å². The molecule has 2 aromatic carbocycles. The number of hydrogen-bond acceptors (Lipinski definition) is 4. The summed E-state index contributed by atoms with van der Waals surface area (Å²) in [5, 5.41) is 18.8. The Hall–Kier alpha value is -3.30. The highest BCUT2D eigenvalue weighted by atomic mass is 31.2. The maximum Gasteiger partial charge on any atom is 0.305 e. The number of aliphatic carboxylic acids is 1. The number of carboxylic acids is 1. The summed E-state index contributed by atoms with van der Waals surface area (Å²) in [7, 11) is -4.19. The molecular formula is C29H29FNO5P. The van der Waals surface area contributed by atoms with Crippen LogP contribution < -0.4 is 0 Å². The zero-order chi connectivity index (χ0) is 26.7. The van der Waals surface area contributed by atoms with E-state index in [0.29, 0.717) is 17.7 Å². The van der Waals surface area contributed by atoms with Gasteiger partial charge in [0.25, 0.3) is 7.37 Å². The molecule has 1 aliphatic rings. The van der Waals surface area contributed by atoms with E-state index in [1.54, 1.807) is 12.1 Å². The van der Waals surface area contributed by atoms with Gasteiger partial charge in [0.05, 0.1) is 35.6 Å². The lowest BCUT2D eigenvalue weighted by Gasteiger charge is -2.21. The van der Waals surface area contributed by atoms with Gasteiger partial charge in [-0.3, -0.25) is 14.3 Å². The van der Waals surface area contributed by atoms with E-state index in [1.807, 2.05) is 32.0 Å². The minimum Gasteiger partial charge on any atom is -0.481 e. The Morgan fingerprint density at radius 2 is 1.84 bits per heavy atom. The van der Waals surface area contributed by atoms with Gasteiger partial charge >= 0.3 is 5.97 Å². The van der Waals surface area contributed by atoms with Crippen molar-refractivity contribution in [3.05, 3.63) is 76.7 Å². The van der Waals surface area contributed by atoms with Gasteiger partial charge in [0, 0.05) is 11.1 Å². The molecule has 192 valence electrons. The number of aliphatic hydroxyl groups excluding tert-OH is 1. The molecule has 0 radical (unpaired) electrons. The van der Waals surface area contributed by atoms with E-state index >= 15 is 0 Å². The van der Waals surface area contributed by atoms with Gasteiger partial charge in [-0.25, -0.2) is 4.39 Å². The number of aryl methyl sites for hydroxylation is 1. The molecule has 1 aliphatic carbocycles. The highest BCUT2D eigenvalue weighted by Crippen LogP contribution is 2.43. The second kappa shape index (κ2) is 11.0. The van der Waals surface area contributed by atoms with Crippen LogP contribution in [0, 0.1) is 17.4 Å². The van der Waals surface area contributed by atoms with Crippen LogP contribution in [0.4, 0.5) is 4.39 Å². The van der Waals surface area contributed by atoms with Crippen LogP contribution in [0.2, 0.25) is 0 Å². The number of halogens is 1. The van der Waals surface area contributed by atoms with Crippen molar-refractivity contribution in [2.45, 2.75) is 51.6 Å². The molecule has 3 aromatic rings. The van der Waals surface area contributed by atoms with Gasteiger partial charge in [0.15, 0.2) is 0 Å². The summed E-state index contributed by atoms with van der Waals surface area (Å²) >= 11 is 0. The van der Waals surface area contributed by atoms with Gasteiger partial charge in [0.2, 0.25) is 0 Å². The zero-order valence-corrected chi connectivity index (χ0v) is 21.6. The predicted molar refractivity (Wildman–Crippen MR) is 141 cm³/mol. The first kappa shape index (κ1) is 26.8.